The molecule has 6 nitrogen and oxygen atoms in total. The van der Waals surface area contributed by atoms with Crippen molar-refractivity contribution in [3.05, 3.63) is 76.7 Å². The van der Waals surface area contributed by atoms with Crippen LogP contribution in [-0.4, -0.2) is 29.4 Å². The van der Waals surface area contributed by atoms with Crippen molar-refractivity contribution in [2.45, 2.75) is 13.3 Å². The van der Waals surface area contributed by atoms with Crippen LogP contribution in [0.2, 0.25) is 0 Å². The second-order valence-corrected chi connectivity index (χ2v) is 7.64. The van der Waals surface area contributed by atoms with Gasteiger partial charge in [0, 0.05) is 10.9 Å². The molecule has 0 bridgehead atoms. The summed E-state index contributed by atoms with van der Waals surface area (Å²) in [5.41, 5.74) is 3.94. The highest BCUT2D eigenvalue weighted by Crippen LogP contribution is 2.33. The molecule has 0 spiro atoms. The van der Waals surface area contributed by atoms with Crippen molar-refractivity contribution in [1.29, 1.82) is 0 Å². The lowest BCUT2D eigenvalue weighted by Crippen LogP contribution is -2.25. The molecule has 2 aromatic carbocycles. The normalized spacial score (nSPS) is 14.1. The summed E-state index contributed by atoms with van der Waals surface area (Å²) in [4.78, 5) is 17.0. The van der Waals surface area contributed by atoms with Crippen LogP contribution in [-0.2, 0) is 4.79 Å². The summed E-state index contributed by atoms with van der Waals surface area (Å²) >= 11 is 1.46. The van der Waals surface area contributed by atoms with Crippen molar-refractivity contribution >= 4 is 28.6 Å². The number of amides is 1. The number of carbonyl (C=O) groups excluding carboxylic acids is 1. The molecule has 0 fully saturated rings. The van der Waals surface area contributed by atoms with Crippen molar-refractivity contribution < 1.29 is 13.9 Å². The third-order valence-electron chi connectivity index (χ3n) is 4.68. The van der Waals surface area contributed by atoms with Gasteiger partial charge < -0.3 is 10.1 Å². The fourth-order valence-corrected chi connectivity index (χ4v) is 4.02. The van der Waals surface area contributed by atoms with E-state index in [0.29, 0.717) is 29.2 Å². The van der Waals surface area contributed by atoms with Gasteiger partial charge in [0.2, 0.25) is 4.80 Å². The van der Waals surface area contributed by atoms with Gasteiger partial charge in [-0.1, -0.05) is 25.1 Å². The molecule has 3 aromatic rings. The topological polar surface area (TPSA) is 68.0 Å². The molecule has 0 unspecified atom stereocenters. The number of carbonyl (C=O) groups is 1. The van der Waals surface area contributed by atoms with E-state index in [9.17, 15) is 9.18 Å². The van der Waals surface area contributed by atoms with Crippen molar-refractivity contribution in [1.82, 2.24) is 4.68 Å². The standard InChI is InChI=1S/C23H21FN4O2S/c1-3-11-25-23-28(27-18(4-2)15-5-8-17(24)9-6-15)20(14-31-23)16-7-10-21-19(12-16)26-22(29)13-30-21/h3,5-10,12,14H,1,4,11,13H2,2H3,(H,26,29). The Balaban J connectivity index is 1.84. The van der Waals surface area contributed by atoms with Gasteiger partial charge in [0.05, 0.1) is 23.6 Å². The number of fused-ring (bicyclic) bond motifs is 1. The number of ether oxygens (including phenoxy) is 1. The first-order chi connectivity index (χ1) is 15.1. The quantitative estimate of drug-likeness (QED) is 0.459. The number of benzene rings is 2. The second kappa shape index (κ2) is 9.09. The van der Waals surface area contributed by atoms with Crippen LogP contribution in [0.25, 0.3) is 11.3 Å². The Morgan fingerprint density at radius 1 is 1.32 bits per heavy atom. The molecular formula is C23H21FN4O2S. The van der Waals surface area contributed by atoms with E-state index in [0.717, 1.165) is 22.5 Å². The van der Waals surface area contributed by atoms with Gasteiger partial charge in [-0.3, -0.25) is 9.79 Å². The number of hydrogen-bond acceptors (Lipinski definition) is 5. The highest BCUT2D eigenvalue weighted by atomic mass is 32.1. The van der Waals surface area contributed by atoms with E-state index in [1.807, 2.05) is 30.5 Å². The number of hydrogen-bond donors (Lipinski definition) is 1. The Bertz CT molecular complexity index is 1230. The molecule has 1 amide bonds. The minimum atomic E-state index is -0.289. The van der Waals surface area contributed by atoms with Crippen LogP contribution in [0.3, 0.4) is 0 Å². The average Bonchev–Trinajstić information content (AvgIpc) is 3.18. The minimum Gasteiger partial charge on any atom is -0.482 e. The fraction of sp³-hybridized carbons (Fsp3) is 0.174. The first-order valence-corrected chi connectivity index (χ1v) is 10.7. The van der Waals surface area contributed by atoms with Gasteiger partial charge in [0.1, 0.15) is 11.6 Å². The smallest absolute Gasteiger partial charge is 0.262 e. The van der Waals surface area contributed by atoms with Crippen molar-refractivity contribution in [3.63, 3.8) is 0 Å². The summed E-state index contributed by atoms with van der Waals surface area (Å²) in [5, 5.41) is 9.67. The van der Waals surface area contributed by atoms with Gasteiger partial charge in [0.15, 0.2) is 6.61 Å². The van der Waals surface area contributed by atoms with E-state index in [-0.39, 0.29) is 18.3 Å². The zero-order valence-corrected chi connectivity index (χ0v) is 17.8. The lowest BCUT2D eigenvalue weighted by molar-refractivity contribution is -0.118. The minimum absolute atomic E-state index is 0.0111. The molecule has 0 aliphatic carbocycles. The number of thiazole rings is 1. The van der Waals surface area contributed by atoms with Crippen molar-refractivity contribution in [2.24, 2.45) is 10.1 Å². The van der Waals surface area contributed by atoms with Crippen LogP contribution < -0.4 is 14.9 Å². The van der Waals surface area contributed by atoms with Gasteiger partial charge in [-0.15, -0.1) is 17.9 Å². The van der Waals surface area contributed by atoms with Gasteiger partial charge >= 0.3 is 0 Å². The zero-order chi connectivity index (χ0) is 21.8. The predicted molar refractivity (Wildman–Crippen MR) is 121 cm³/mol. The summed E-state index contributed by atoms with van der Waals surface area (Å²) in [6.07, 6.45) is 2.38. The molecule has 4 rings (SSSR count). The lowest BCUT2D eigenvalue weighted by Gasteiger charge is -2.18. The molecule has 1 aliphatic rings. The Labute approximate surface area is 183 Å². The predicted octanol–water partition coefficient (Wildman–Crippen LogP) is 4.44. The Kier molecular flexibility index (Phi) is 6.08. The maximum atomic E-state index is 13.4. The van der Waals surface area contributed by atoms with Gasteiger partial charge in [-0.25, -0.2) is 9.07 Å². The number of nitrogens with one attached hydrogen (secondary N) is 1. The van der Waals surface area contributed by atoms with E-state index >= 15 is 0 Å². The summed E-state index contributed by atoms with van der Waals surface area (Å²) < 4.78 is 20.6. The van der Waals surface area contributed by atoms with Crippen LogP contribution in [0, 0.1) is 5.82 Å². The maximum absolute atomic E-state index is 13.4. The zero-order valence-electron chi connectivity index (χ0n) is 17.0. The lowest BCUT2D eigenvalue weighted by atomic mass is 10.1. The van der Waals surface area contributed by atoms with E-state index in [1.54, 1.807) is 22.9 Å². The highest BCUT2D eigenvalue weighted by Gasteiger charge is 2.18. The van der Waals surface area contributed by atoms with E-state index in [4.69, 9.17) is 9.84 Å². The fourth-order valence-electron chi connectivity index (χ4n) is 3.18. The highest BCUT2D eigenvalue weighted by molar-refractivity contribution is 7.07. The first kappa shape index (κ1) is 20.7. The Morgan fingerprint density at radius 3 is 2.87 bits per heavy atom. The van der Waals surface area contributed by atoms with Crippen LogP contribution in [0.4, 0.5) is 10.1 Å². The van der Waals surface area contributed by atoms with Gasteiger partial charge in [-0.2, -0.15) is 5.10 Å². The Morgan fingerprint density at radius 2 is 2.13 bits per heavy atom. The molecule has 158 valence electrons. The molecule has 1 aromatic heterocycles. The largest absolute Gasteiger partial charge is 0.482 e. The summed E-state index contributed by atoms with van der Waals surface area (Å²) in [6.45, 7) is 6.21. The average molecular weight is 437 g/mol. The molecule has 0 saturated heterocycles. The first-order valence-electron chi connectivity index (χ1n) is 9.82. The van der Waals surface area contributed by atoms with E-state index < -0.39 is 0 Å². The molecule has 8 heteroatoms. The second-order valence-electron chi connectivity index (χ2n) is 6.80. The third kappa shape index (κ3) is 4.49. The monoisotopic (exact) mass is 436 g/mol. The van der Waals surface area contributed by atoms with Crippen molar-refractivity contribution in [2.75, 3.05) is 18.5 Å². The summed E-state index contributed by atoms with van der Waals surface area (Å²) in [6, 6.07) is 11.9. The third-order valence-corrected chi connectivity index (χ3v) is 5.54. The maximum Gasteiger partial charge on any atom is 0.262 e. The molecule has 1 aliphatic heterocycles. The van der Waals surface area contributed by atoms with E-state index in [1.165, 1.54) is 23.5 Å². The van der Waals surface area contributed by atoms with Crippen molar-refractivity contribution in [3.8, 4) is 17.0 Å². The van der Waals surface area contributed by atoms with Crippen LogP contribution >= 0.6 is 11.3 Å². The van der Waals surface area contributed by atoms with Gasteiger partial charge in [-0.05, 0) is 42.3 Å². The molecule has 0 saturated carbocycles. The number of nitrogens with zero attached hydrogens (tertiary/aromatic N) is 3. The molecule has 1 N–H and O–H groups in total. The molecular weight excluding hydrogens is 415 g/mol. The molecule has 2 heterocycles. The molecule has 31 heavy (non-hydrogen) atoms. The number of rotatable bonds is 6. The van der Waals surface area contributed by atoms with Crippen LogP contribution in [0.5, 0.6) is 5.75 Å². The number of halogens is 1. The number of anilines is 1. The van der Waals surface area contributed by atoms with Crippen LogP contribution in [0.1, 0.15) is 18.9 Å². The summed E-state index contributed by atoms with van der Waals surface area (Å²) in [7, 11) is 0. The number of aromatic nitrogens is 1. The molecule has 0 atom stereocenters. The Hall–Kier alpha value is -3.52. The SMILES string of the molecule is C=CCN=c1scc(-c2ccc3c(c2)NC(=O)CO3)n1N=C(CC)c1ccc(F)cc1. The van der Waals surface area contributed by atoms with E-state index in [2.05, 4.69) is 16.9 Å². The molecule has 0 radical (unpaired) electrons. The van der Waals surface area contributed by atoms with Crippen LogP contribution in [0.15, 0.2) is 70.6 Å². The summed E-state index contributed by atoms with van der Waals surface area (Å²) in [5.74, 6) is 0.154. The van der Waals surface area contributed by atoms with Gasteiger partial charge in [0.25, 0.3) is 5.91 Å².